The second-order valence-corrected chi connectivity index (χ2v) is 7.43. The minimum absolute atomic E-state index is 0. The highest BCUT2D eigenvalue weighted by Gasteiger charge is 2.28. The zero-order valence-corrected chi connectivity index (χ0v) is 17.0. The molecule has 3 rings (SSSR count). The molecule has 2 unspecified atom stereocenters. The van der Waals surface area contributed by atoms with E-state index in [0.29, 0.717) is 6.54 Å². The second-order valence-electron chi connectivity index (χ2n) is 7.43. The molecule has 0 radical (unpaired) electrons. The summed E-state index contributed by atoms with van der Waals surface area (Å²) in [5.41, 5.74) is 6.75. The van der Waals surface area contributed by atoms with Crippen LogP contribution in [0.2, 0.25) is 0 Å². The Hall–Kier alpha value is -0.950. The number of halogens is 4. The van der Waals surface area contributed by atoms with Crippen LogP contribution in [0.15, 0.2) is 18.2 Å². The van der Waals surface area contributed by atoms with Crippen molar-refractivity contribution in [3.63, 3.8) is 0 Å². The fraction of sp³-hybridized carbons (Fsp3) is 0.632. The first-order valence-corrected chi connectivity index (χ1v) is 9.23. The van der Waals surface area contributed by atoms with Crippen LogP contribution in [0.25, 0.3) is 0 Å². The molecule has 2 fully saturated rings. The Morgan fingerprint density at radius 3 is 2.44 bits per heavy atom. The van der Waals surface area contributed by atoms with Gasteiger partial charge in [0.05, 0.1) is 0 Å². The number of carbonyl (C=O) groups is 1. The fourth-order valence-corrected chi connectivity index (χ4v) is 3.92. The van der Waals surface area contributed by atoms with Crippen LogP contribution in [0.3, 0.4) is 0 Å². The first-order chi connectivity index (χ1) is 12.0. The number of carbonyl (C=O) groups excluding carboxylic acids is 1. The van der Waals surface area contributed by atoms with Gasteiger partial charge < -0.3 is 11.1 Å². The first kappa shape index (κ1) is 24.1. The highest BCUT2D eigenvalue weighted by molar-refractivity contribution is 5.85. The van der Waals surface area contributed by atoms with Crippen molar-refractivity contribution in [2.75, 3.05) is 13.1 Å². The summed E-state index contributed by atoms with van der Waals surface area (Å²) in [6, 6.07) is 4.41. The zero-order valence-electron chi connectivity index (χ0n) is 15.3. The Morgan fingerprint density at radius 2 is 1.81 bits per heavy atom. The molecule has 4 nitrogen and oxygen atoms in total. The van der Waals surface area contributed by atoms with Crippen molar-refractivity contribution in [2.24, 2.45) is 11.7 Å². The van der Waals surface area contributed by atoms with Crippen molar-refractivity contribution in [2.45, 2.75) is 57.2 Å². The second kappa shape index (κ2) is 11.1. The Bertz CT molecular complexity index is 613. The molecule has 8 heteroatoms. The molecule has 1 saturated heterocycles. The molecule has 1 aliphatic carbocycles. The van der Waals surface area contributed by atoms with Crippen LogP contribution in [0.4, 0.5) is 8.78 Å². The van der Waals surface area contributed by atoms with Gasteiger partial charge in [0, 0.05) is 37.6 Å². The van der Waals surface area contributed by atoms with E-state index in [-0.39, 0.29) is 48.7 Å². The third-order valence-electron chi connectivity index (χ3n) is 5.41. The maximum atomic E-state index is 13.3. The van der Waals surface area contributed by atoms with Gasteiger partial charge in [-0.1, -0.05) is 12.5 Å². The average molecular weight is 424 g/mol. The van der Waals surface area contributed by atoms with E-state index in [1.165, 1.54) is 12.1 Å². The standard InChI is InChI=1S/C19H27F2N3O.2ClH/c20-17-5-4-13(10-18(17)21)12-24-8-6-16(7-9-24)23-19(25)14-2-1-3-15(22)11-14;;/h4-5,10,14-16H,1-3,6-9,11-12,22H2,(H,23,25);2*1H. The van der Waals surface area contributed by atoms with Gasteiger partial charge in [0.2, 0.25) is 5.91 Å². The summed E-state index contributed by atoms with van der Waals surface area (Å²) < 4.78 is 26.3. The SMILES string of the molecule is Cl.Cl.NC1CCCC(C(=O)NC2CCN(Cc3ccc(F)c(F)c3)CC2)C1. The van der Waals surface area contributed by atoms with E-state index in [9.17, 15) is 13.6 Å². The topological polar surface area (TPSA) is 58.4 Å². The molecule has 0 bridgehead atoms. The number of benzene rings is 1. The third kappa shape index (κ3) is 6.86. The van der Waals surface area contributed by atoms with Crippen LogP contribution in [-0.2, 0) is 11.3 Å². The van der Waals surface area contributed by atoms with E-state index in [1.54, 1.807) is 6.07 Å². The zero-order chi connectivity index (χ0) is 17.8. The predicted octanol–water partition coefficient (Wildman–Crippen LogP) is 3.41. The predicted molar refractivity (Wildman–Crippen MR) is 107 cm³/mol. The maximum absolute atomic E-state index is 13.3. The number of piperidine rings is 1. The Kier molecular flexibility index (Phi) is 9.95. The number of amides is 1. The smallest absolute Gasteiger partial charge is 0.223 e. The number of nitrogens with two attached hydrogens (primary N) is 1. The van der Waals surface area contributed by atoms with E-state index in [2.05, 4.69) is 10.2 Å². The highest BCUT2D eigenvalue weighted by atomic mass is 35.5. The molecular weight excluding hydrogens is 395 g/mol. The number of hydrogen-bond acceptors (Lipinski definition) is 3. The molecule has 1 aromatic rings. The first-order valence-electron chi connectivity index (χ1n) is 9.23. The summed E-state index contributed by atoms with van der Waals surface area (Å²) in [5.74, 6) is -1.41. The van der Waals surface area contributed by atoms with Gasteiger partial charge in [0.1, 0.15) is 0 Å². The quantitative estimate of drug-likeness (QED) is 0.779. The summed E-state index contributed by atoms with van der Waals surface area (Å²) in [6.45, 7) is 2.29. The van der Waals surface area contributed by atoms with Crippen molar-refractivity contribution in [1.82, 2.24) is 10.2 Å². The van der Waals surface area contributed by atoms with Crippen molar-refractivity contribution in [3.05, 3.63) is 35.4 Å². The maximum Gasteiger partial charge on any atom is 0.223 e. The molecule has 0 spiro atoms. The molecule has 1 amide bonds. The molecule has 1 aromatic carbocycles. The van der Waals surface area contributed by atoms with Crippen LogP contribution < -0.4 is 11.1 Å². The molecule has 0 aromatic heterocycles. The summed E-state index contributed by atoms with van der Waals surface area (Å²) >= 11 is 0. The summed E-state index contributed by atoms with van der Waals surface area (Å²) in [6.07, 6.45) is 5.55. The lowest BCUT2D eigenvalue weighted by Crippen LogP contribution is -2.47. The minimum atomic E-state index is -0.812. The fourth-order valence-electron chi connectivity index (χ4n) is 3.92. The Morgan fingerprint density at radius 1 is 1.11 bits per heavy atom. The van der Waals surface area contributed by atoms with Gasteiger partial charge in [-0.15, -0.1) is 24.8 Å². The Balaban J connectivity index is 0.00000182. The largest absolute Gasteiger partial charge is 0.353 e. The van der Waals surface area contributed by atoms with Crippen molar-refractivity contribution in [3.8, 4) is 0 Å². The molecule has 2 atom stereocenters. The number of nitrogens with zero attached hydrogens (tertiary/aromatic N) is 1. The average Bonchev–Trinajstić information content (AvgIpc) is 2.60. The van der Waals surface area contributed by atoms with Gasteiger partial charge in [-0.2, -0.15) is 0 Å². The lowest BCUT2D eigenvalue weighted by Gasteiger charge is -2.34. The van der Waals surface area contributed by atoms with E-state index < -0.39 is 11.6 Å². The van der Waals surface area contributed by atoms with E-state index in [1.807, 2.05) is 0 Å². The number of hydrogen-bond donors (Lipinski definition) is 2. The van der Waals surface area contributed by atoms with Crippen molar-refractivity contribution in [1.29, 1.82) is 0 Å². The van der Waals surface area contributed by atoms with Gasteiger partial charge in [-0.3, -0.25) is 9.69 Å². The summed E-state index contributed by atoms with van der Waals surface area (Å²) in [4.78, 5) is 14.6. The minimum Gasteiger partial charge on any atom is -0.353 e. The molecule has 1 saturated carbocycles. The normalized spacial score (nSPS) is 23.8. The van der Waals surface area contributed by atoms with Crippen molar-refractivity contribution < 1.29 is 13.6 Å². The van der Waals surface area contributed by atoms with Gasteiger partial charge in [0.25, 0.3) is 0 Å². The molecule has 1 heterocycles. The molecule has 3 N–H and O–H groups in total. The van der Waals surface area contributed by atoms with Crippen LogP contribution in [-0.4, -0.2) is 36.0 Å². The molecule has 2 aliphatic rings. The van der Waals surface area contributed by atoms with Gasteiger partial charge >= 0.3 is 0 Å². The van der Waals surface area contributed by atoms with Crippen molar-refractivity contribution >= 4 is 30.7 Å². The number of likely N-dealkylation sites (tertiary alicyclic amines) is 1. The van der Waals surface area contributed by atoms with E-state index >= 15 is 0 Å². The lowest BCUT2D eigenvalue weighted by molar-refractivity contribution is -0.127. The van der Waals surface area contributed by atoms with E-state index in [0.717, 1.165) is 57.2 Å². The molecule has 154 valence electrons. The summed E-state index contributed by atoms with van der Waals surface area (Å²) in [7, 11) is 0. The van der Waals surface area contributed by atoms with Crippen LogP contribution in [0.1, 0.15) is 44.1 Å². The van der Waals surface area contributed by atoms with Crippen LogP contribution in [0.5, 0.6) is 0 Å². The van der Waals surface area contributed by atoms with Gasteiger partial charge in [0.15, 0.2) is 11.6 Å². The molecule has 27 heavy (non-hydrogen) atoms. The Labute approximate surface area is 172 Å². The molecular formula is C19H29Cl2F2N3O. The van der Waals surface area contributed by atoms with Crippen LogP contribution >= 0.6 is 24.8 Å². The number of nitrogens with one attached hydrogen (secondary N) is 1. The van der Waals surface area contributed by atoms with Gasteiger partial charge in [-0.05, 0) is 49.8 Å². The molecule has 1 aliphatic heterocycles. The number of rotatable bonds is 4. The monoisotopic (exact) mass is 423 g/mol. The van der Waals surface area contributed by atoms with Gasteiger partial charge in [-0.25, -0.2) is 8.78 Å². The third-order valence-corrected chi connectivity index (χ3v) is 5.41. The van der Waals surface area contributed by atoms with Crippen LogP contribution in [0, 0.1) is 17.6 Å². The lowest BCUT2D eigenvalue weighted by atomic mass is 9.85. The van der Waals surface area contributed by atoms with E-state index in [4.69, 9.17) is 5.73 Å². The highest BCUT2D eigenvalue weighted by Crippen LogP contribution is 2.24. The summed E-state index contributed by atoms with van der Waals surface area (Å²) in [5, 5.41) is 3.18.